The fourth-order valence-electron chi connectivity index (χ4n) is 4.75. The van der Waals surface area contributed by atoms with Crippen LogP contribution in [-0.4, -0.2) is 39.0 Å². The minimum Gasteiger partial charge on any atom is -0.492 e. The van der Waals surface area contributed by atoms with Crippen molar-refractivity contribution in [2.24, 2.45) is 0 Å². The van der Waals surface area contributed by atoms with Crippen LogP contribution in [0.2, 0.25) is 0 Å². The number of nitrogens with zero attached hydrogens (tertiary/aromatic N) is 3. The summed E-state index contributed by atoms with van der Waals surface area (Å²) in [5.41, 5.74) is 5.59. The molecule has 0 bridgehead atoms. The molecule has 6 heteroatoms. The highest BCUT2D eigenvalue weighted by molar-refractivity contribution is 7.98. The summed E-state index contributed by atoms with van der Waals surface area (Å²) in [7, 11) is 0. The smallest absolute Gasteiger partial charge is 0.166 e. The second-order valence-corrected chi connectivity index (χ2v) is 9.94. The molecule has 0 saturated heterocycles. The summed E-state index contributed by atoms with van der Waals surface area (Å²) < 4.78 is 6.29. The minimum atomic E-state index is 0.665. The van der Waals surface area contributed by atoms with Crippen LogP contribution in [0.1, 0.15) is 42.5 Å². The van der Waals surface area contributed by atoms with Crippen molar-refractivity contribution < 1.29 is 4.74 Å². The Morgan fingerprint density at radius 2 is 1.82 bits per heavy atom. The van der Waals surface area contributed by atoms with E-state index in [-0.39, 0.29) is 0 Å². The molecule has 1 N–H and O–H groups in total. The van der Waals surface area contributed by atoms with Gasteiger partial charge in [-0.2, -0.15) is 0 Å². The van der Waals surface area contributed by atoms with Crippen molar-refractivity contribution in [3.63, 3.8) is 0 Å². The van der Waals surface area contributed by atoms with Gasteiger partial charge in [0.15, 0.2) is 5.16 Å². The van der Waals surface area contributed by atoms with E-state index in [0.29, 0.717) is 12.6 Å². The van der Waals surface area contributed by atoms with Gasteiger partial charge in [0.2, 0.25) is 0 Å². The molecule has 5 nitrogen and oxygen atoms in total. The standard InChI is InChI=1S/C28H32N4OS/c1-21-26(20-34-28-30-24-13-7-8-14-25(24)31-28)29-16-15-27(21)33-18-17-32(23-11-5-6-12-23)19-22-9-3-2-4-10-22/h2-4,7-10,13-16,23H,5-6,11-12,17-20H2,1H3,(H,30,31). The van der Waals surface area contributed by atoms with Crippen LogP contribution in [0.3, 0.4) is 0 Å². The van der Waals surface area contributed by atoms with Crippen LogP contribution < -0.4 is 4.74 Å². The monoisotopic (exact) mass is 472 g/mol. The van der Waals surface area contributed by atoms with Gasteiger partial charge >= 0.3 is 0 Å². The maximum absolute atomic E-state index is 6.29. The zero-order valence-corrected chi connectivity index (χ0v) is 20.6. The molecule has 0 atom stereocenters. The van der Waals surface area contributed by atoms with Gasteiger partial charge in [-0.05, 0) is 43.5 Å². The largest absolute Gasteiger partial charge is 0.492 e. The molecule has 0 spiro atoms. The van der Waals surface area contributed by atoms with Gasteiger partial charge in [-0.25, -0.2) is 4.98 Å². The lowest BCUT2D eigenvalue weighted by Crippen LogP contribution is -2.36. The van der Waals surface area contributed by atoms with Crippen molar-refractivity contribution in [3.8, 4) is 5.75 Å². The van der Waals surface area contributed by atoms with E-state index in [1.165, 1.54) is 31.2 Å². The van der Waals surface area contributed by atoms with Crippen molar-refractivity contribution in [1.82, 2.24) is 19.9 Å². The van der Waals surface area contributed by atoms with E-state index in [2.05, 4.69) is 63.2 Å². The second kappa shape index (κ2) is 11.1. The SMILES string of the molecule is Cc1c(OCCN(Cc2ccccc2)C2CCCC2)ccnc1CSc1nc2ccccc2[nH]1. The normalized spacial score (nSPS) is 14.3. The number of pyridine rings is 1. The molecule has 1 aliphatic carbocycles. The topological polar surface area (TPSA) is 54.0 Å². The van der Waals surface area contributed by atoms with Crippen molar-refractivity contribution in [3.05, 3.63) is 83.7 Å². The lowest BCUT2D eigenvalue weighted by Gasteiger charge is -2.29. The summed E-state index contributed by atoms with van der Waals surface area (Å²) in [6, 6.07) is 21.6. The minimum absolute atomic E-state index is 0.665. The number of nitrogens with one attached hydrogen (secondary N) is 1. The first-order valence-electron chi connectivity index (χ1n) is 12.2. The summed E-state index contributed by atoms with van der Waals surface area (Å²) in [6.45, 7) is 4.72. The third-order valence-corrected chi connectivity index (χ3v) is 7.56. The van der Waals surface area contributed by atoms with Crippen LogP contribution in [0.15, 0.2) is 72.0 Å². The molecule has 5 rings (SSSR count). The third-order valence-electron chi connectivity index (χ3n) is 6.68. The van der Waals surface area contributed by atoms with Gasteiger partial charge in [0.1, 0.15) is 12.4 Å². The van der Waals surface area contributed by atoms with Gasteiger partial charge in [0.25, 0.3) is 0 Å². The molecular formula is C28H32N4OS. The Morgan fingerprint density at radius 1 is 1.03 bits per heavy atom. The Bertz CT molecular complexity index is 1170. The molecular weight excluding hydrogens is 440 g/mol. The van der Waals surface area contributed by atoms with Crippen LogP contribution in [0.4, 0.5) is 0 Å². The van der Waals surface area contributed by atoms with Crippen LogP contribution in [0.5, 0.6) is 5.75 Å². The molecule has 0 unspecified atom stereocenters. The van der Waals surface area contributed by atoms with Gasteiger partial charge in [0, 0.05) is 36.6 Å². The van der Waals surface area contributed by atoms with Crippen LogP contribution in [0.25, 0.3) is 11.0 Å². The van der Waals surface area contributed by atoms with E-state index >= 15 is 0 Å². The van der Waals surface area contributed by atoms with Gasteiger partial charge in [-0.3, -0.25) is 9.88 Å². The molecule has 0 aliphatic heterocycles. The first-order valence-corrected chi connectivity index (χ1v) is 13.2. The lowest BCUT2D eigenvalue weighted by molar-refractivity contribution is 0.153. The maximum Gasteiger partial charge on any atom is 0.166 e. The summed E-state index contributed by atoms with van der Waals surface area (Å²) in [6.07, 6.45) is 7.13. The number of aromatic amines is 1. The van der Waals surface area contributed by atoms with Crippen LogP contribution in [-0.2, 0) is 12.3 Å². The third kappa shape index (κ3) is 5.62. The predicted molar refractivity (Wildman–Crippen MR) is 139 cm³/mol. The molecule has 1 saturated carbocycles. The second-order valence-electron chi connectivity index (χ2n) is 8.97. The Kier molecular flexibility index (Phi) is 7.46. The number of aromatic nitrogens is 3. The number of thioether (sulfide) groups is 1. The van der Waals surface area contributed by atoms with Gasteiger partial charge < -0.3 is 9.72 Å². The van der Waals surface area contributed by atoms with E-state index < -0.39 is 0 Å². The highest BCUT2D eigenvalue weighted by atomic mass is 32.2. The Labute approximate surface area is 206 Å². The molecule has 34 heavy (non-hydrogen) atoms. The van der Waals surface area contributed by atoms with Crippen molar-refractivity contribution in [2.45, 2.75) is 56.1 Å². The van der Waals surface area contributed by atoms with Gasteiger partial charge in [0.05, 0.1) is 16.7 Å². The molecule has 0 radical (unpaired) electrons. The predicted octanol–water partition coefficient (Wildman–Crippen LogP) is 6.38. The van der Waals surface area contributed by atoms with Crippen LogP contribution in [0, 0.1) is 6.92 Å². The van der Waals surface area contributed by atoms with Gasteiger partial charge in [-0.15, -0.1) is 0 Å². The average Bonchev–Trinajstić information content (AvgIpc) is 3.54. The van der Waals surface area contributed by atoms with Crippen LogP contribution >= 0.6 is 11.8 Å². The van der Waals surface area contributed by atoms with E-state index in [1.54, 1.807) is 11.8 Å². The van der Waals surface area contributed by atoms with E-state index in [9.17, 15) is 0 Å². The highest BCUT2D eigenvalue weighted by Crippen LogP contribution is 2.28. The Morgan fingerprint density at radius 3 is 2.65 bits per heavy atom. The quantitative estimate of drug-likeness (QED) is 0.271. The summed E-state index contributed by atoms with van der Waals surface area (Å²) in [5.74, 6) is 1.69. The van der Waals surface area contributed by atoms with Crippen molar-refractivity contribution >= 4 is 22.8 Å². The van der Waals surface area contributed by atoms with Crippen molar-refractivity contribution in [2.75, 3.05) is 13.2 Å². The highest BCUT2D eigenvalue weighted by Gasteiger charge is 2.22. The first-order chi connectivity index (χ1) is 16.8. The number of H-pyrrole nitrogens is 1. The molecule has 176 valence electrons. The number of hydrogen-bond donors (Lipinski definition) is 1. The summed E-state index contributed by atoms with van der Waals surface area (Å²) in [4.78, 5) is 15.3. The molecule has 2 heterocycles. The summed E-state index contributed by atoms with van der Waals surface area (Å²) in [5, 5.41) is 0.918. The van der Waals surface area contributed by atoms with Crippen molar-refractivity contribution in [1.29, 1.82) is 0 Å². The fourth-order valence-corrected chi connectivity index (χ4v) is 5.66. The van der Waals surface area contributed by atoms with E-state index in [1.807, 2.05) is 30.5 Å². The number of para-hydroxylation sites is 2. The number of hydrogen-bond acceptors (Lipinski definition) is 5. The number of rotatable bonds is 10. The molecule has 2 aromatic carbocycles. The zero-order valence-electron chi connectivity index (χ0n) is 19.7. The lowest BCUT2D eigenvalue weighted by atomic mass is 10.1. The molecule has 0 amide bonds. The average molecular weight is 473 g/mol. The molecule has 1 fully saturated rings. The number of benzene rings is 2. The Balaban J connectivity index is 1.19. The Hall–Kier alpha value is -2.83. The van der Waals surface area contributed by atoms with E-state index in [0.717, 1.165) is 52.0 Å². The number of ether oxygens (including phenoxy) is 1. The fraction of sp³-hybridized carbons (Fsp3) is 0.357. The van der Waals surface area contributed by atoms with E-state index in [4.69, 9.17) is 4.74 Å². The molecule has 4 aromatic rings. The first kappa shape index (κ1) is 22.9. The maximum atomic E-state index is 6.29. The number of imidazole rings is 1. The molecule has 2 aromatic heterocycles. The summed E-state index contributed by atoms with van der Waals surface area (Å²) >= 11 is 1.68. The molecule has 1 aliphatic rings. The number of fused-ring (bicyclic) bond motifs is 1. The van der Waals surface area contributed by atoms with Gasteiger partial charge in [-0.1, -0.05) is 67.1 Å². The zero-order chi connectivity index (χ0) is 23.2.